The van der Waals surface area contributed by atoms with Crippen LogP contribution in [0.15, 0.2) is 0 Å². The minimum Gasteiger partial charge on any atom is -0.463 e. The van der Waals surface area contributed by atoms with E-state index >= 15 is 0 Å². The van der Waals surface area contributed by atoms with Crippen molar-refractivity contribution in [1.82, 2.24) is 0 Å². The van der Waals surface area contributed by atoms with Crippen molar-refractivity contribution >= 4 is 11.8 Å². The van der Waals surface area contributed by atoms with E-state index in [9.17, 15) is 18.4 Å². The average molecular weight is 210 g/mol. The van der Waals surface area contributed by atoms with Crippen molar-refractivity contribution in [3.05, 3.63) is 0 Å². The summed E-state index contributed by atoms with van der Waals surface area (Å²) in [5.74, 6) is -7.28. The largest absolute Gasteiger partial charge is 0.463 e. The Morgan fingerprint density at radius 1 is 1.36 bits per heavy atom. The second-order valence-electron chi connectivity index (χ2n) is 2.58. The van der Waals surface area contributed by atoms with Gasteiger partial charge in [-0.1, -0.05) is 6.92 Å². The van der Waals surface area contributed by atoms with Gasteiger partial charge in [0.2, 0.25) is 0 Å². The molecule has 14 heavy (non-hydrogen) atoms. The van der Waals surface area contributed by atoms with Gasteiger partial charge in [-0.25, -0.2) is 4.79 Å². The Hall–Kier alpha value is -1.04. The van der Waals surface area contributed by atoms with Gasteiger partial charge >= 0.3 is 17.7 Å². The third-order valence-electron chi connectivity index (χ3n) is 1.73. The lowest BCUT2D eigenvalue weighted by Gasteiger charge is -2.21. The van der Waals surface area contributed by atoms with Gasteiger partial charge in [-0.3, -0.25) is 4.79 Å². The Morgan fingerprint density at radius 3 is 2.14 bits per heavy atom. The highest BCUT2D eigenvalue weighted by atomic mass is 19.3. The fraction of sp³-hybridized carbons (Fsp3) is 0.750. The summed E-state index contributed by atoms with van der Waals surface area (Å²) < 4.78 is 34.6. The standard InChI is InChI=1S/C8H12F2O4/c1-4-5(13-2)8(9,10)6(11)7(12)14-3/h5H,4H2,1-3H3. The number of esters is 1. The molecule has 0 heterocycles. The van der Waals surface area contributed by atoms with E-state index in [1.807, 2.05) is 0 Å². The van der Waals surface area contributed by atoms with Gasteiger partial charge in [0.05, 0.1) is 7.11 Å². The van der Waals surface area contributed by atoms with Gasteiger partial charge in [0.15, 0.2) is 0 Å². The summed E-state index contributed by atoms with van der Waals surface area (Å²) >= 11 is 0. The van der Waals surface area contributed by atoms with E-state index in [0.717, 1.165) is 14.2 Å². The molecule has 0 N–H and O–H groups in total. The molecule has 0 bridgehead atoms. The maximum atomic E-state index is 13.1. The zero-order valence-corrected chi connectivity index (χ0v) is 8.17. The smallest absolute Gasteiger partial charge is 0.381 e. The molecule has 82 valence electrons. The van der Waals surface area contributed by atoms with E-state index in [-0.39, 0.29) is 6.42 Å². The lowest BCUT2D eigenvalue weighted by molar-refractivity contribution is -0.177. The minimum atomic E-state index is -3.84. The molecule has 0 aliphatic carbocycles. The van der Waals surface area contributed by atoms with Gasteiger partial charge < -0.3 is 9.47 Å². The fourth-order valence-electron chi connectivity index (χ4n) is 0.946. The van der Waals surface area contributed by atoms with Crippen molar-refractivity contribution in [3.8, 4) is 0 Å². The molecule has 4 nitrogen and oxygen atoms in total. The van der Waals surface area contributed by atoms with E-state index in [2.05, 4.69) is 9.47 Å². The van der Waals surface area contributed by atoms with Gasteiger partial charge in [0.1, 0.15) is 6.10 Å². The zero-order valence-electron chi connectivity index (χ0n) is 8.17. The minimum absolute atomic E-state index is 0.0771. The van der Waals surface area contributed by atoms with Crippen molar-refractivity contribution in [2.75, 3.05) is 14.2 Å². The summed E-state index contributed by atoms with van der Waals surface area (Å²) in [4.78, 5) is 21.4. The molecule has 1 unspecified atom stereocenters. The molecular weight excluding hydrogens is 198 g/mol. The molecule has 0 aliphatic heterocycles. The summed E-state index contributed by atoms with van der Waals surface area (Å²) in [6.07, 6.45) is -1.68. The number of hydrogen-bond donors (Lipinski definition) is 0. The SMILES string of the molecule is CCC(OC)C(F)(F)C(=O)C(=O)OC. The number of Topliss-reactive ketones (excluding diaryl/α,β-unsaturated/α-hetero) is 1. The summed E-state index contributed by atoms with van der Waals surface area (Å²) in [6, 6.07) is 0. The fourth-order valence-corrected chi connectivity index (χ4v) is 0.946. The van der Waals surface area contributed by atoms with Gasteiger partial charge in [0.25, 0.3) is 0 Å². The van der Waals surface area contributed by atoms with Crippen LogP contribution in [0.4, 0.5) is 8.78 Å². The molecule has 0 spiro atoms. The van der Waals surface area contributed by atoms with Crippen LogP contribution in [0.25, 0.3) is 0 Å². The maximum Gasteiger partial charge on any atom is 0.381 e. The molecule has 0 aromatic carbocycles. The molecule has 0 radical (unpaired) electrons. The number of hydrogen-bond acceptors (Lipinski definition) is 4. The van der Waals surface area contributed by atoms with Crippen molar-refractivity contribution in [2.45, 2.75) is 25.4 Å². The number of alkyl halides is 2. The number of ether oxygens (including phenoxy) is 2. The summed E-state index contributed by atoms with van der Waals surface area (Å²) in [6.45, 7) is 1.42. The van der Waals surface area contributed by atoms with Crippen LogP contribution in [0, 0.1) is 0 Å². The third kappa shape index (κ3) is 2.47. The van der Waals surface area contributed by atoms with Crippen molar-refractivity contribution in [1.29, 1.82) is 0 Å². The van der Waals surface area contributed by atoms with Crippen LogP contribution >= 0.6 is 0 Å². The molecule has 0 aromatic rings. The molecule has 1 atom stereocenters. The van der Waals surface area contributed by atoms with Crippen LogP contribution in [0.1, 0.15) is 13.3 Å². The number of carbonyl (C=O) groups is 2. The lowest BCUT2D eigenvalue weighted by atomic mass is 10.1. The second-order valence-corrected chi connectivity index (χ2v) is 2.58. The number of halogens is 2. The maximum absolute atomic E-state index is 13.1. The van der Waals surface area contributed by atoms with E-state index < -0.39 is 23.8 Å². The predicted molar refractivity (Wildman–Crippen MR) is 43.1 cm³/mol. The molecular formula is C8H12F2O4. The molecule has 0 amide bonds. The van der Waals surface area contributed by atoms with E-state index in [0.29, 0.717) is 0 Å². The normalized spacial score (nSPS) is 13.5. The Labute approximate surface area is 80.2 Å². The Kier molecular flexibility index (Phi) is 4.62. The van der Waals surface area contributed by atoms with Gasteiger partial charge in [-0.15, -0.1) is 0 Å². The van der Waals surface area contributed by atoms with E-state index in [1.165, 1.54) is 6.92 Å². The van der Waals surface area contributed by atoms with Crippen LogP contribution in [-0.4, -0.2) is 38.0 Å². The van der Waals surface area contributed by atoms with Crippen LogP contribution in [0.3, 0.4) is 0 Å². The molecule has 0 aromatic heterocycles. The van der Waals surface area contributed by atoms with Crippen molar-refractivity contribution in [3.63, 3.8) is 0 Å². The first-order valence-corrected chi connectivity index (χ1v) is 3.95. The van der Waals surface area contributed by atoms with E-state index in [4.69, 9.17) is 0 Å². The number of rotatable bonds is 5. The van der Waals surface area contributed by atoms with Crippen molar-refractivity contribution < 1.29 is 27.8 Å². The molecule has 6 heteroatoms. The molecule has 0 aliphatic rings. The summed E-state index contributed by atoms with van der Waals surface area (Å²) in [7, 11) is 1.91. The molecule has 0 saturated heterocycles. The van der Waals surface area contributed by atoms with E-state index in [1.54, 1.807) is 0 Å². The highest BCUT2D eigenvalue weighted by Crippen LogP contribution is 2.24. The summed E-state index contributed by atoms with van der Waals surface area (Å²) in [5.41, 5.74) is 0. The lowest BCUT2D eigenvalue weighted by Crippen LogP contribution is -2.46. The van der Waals surface area contributed by atoms with Crippen molar-refractivity contribution in [2.24, 2.45) is 0 Å². The Balaban J connectivity index is 4.75. The van der Waals surface area contributed by atoms with Crippen LogP contribution in [0.2, 0.25) is 0 Å². The quantitative estimate of drug-likeness (QED) is 0.497. The third-order valence-corrected chi connectivity index (χ3v) is 1.73. The molecule has 0 fully saturated rings. The highest BCUT2D eigenvalue weighted by Gasteiger charge is 2.50. The zero-order chi connectivity index (χ0) is 11.4. The number of methoxy groups -OCH3 is 2. The number of ketones is 1. The number of carbonyl (C=O) groups excluding carboxylic acids is 2. The van der Waals surface area contributed by atoms with Crippen LogP contribution in [-0.2, 0) is 19.1 Å². The molecule has 0 saturated carbocycles. The van der Waals surface area contributed by atoms with Gasteiger partial charge in [-0.05, 0) is 6.42 Å². The monoisotopic (exact) mass is 210 g/mol. The first kappa shape index (κ1) is 13.0. The van der Waals surface area contributed by atoms with Gasteiger partial charge in [0, 0.05) is 7.11 Å². The first-order valence-electron chi connectivity index (χ1n) is 3.95. The second kappa shape index (κ2) is 4.99. The Bertz CT molecular complexity index is 223. The predicted octanol–water partition coefficient (Wildman–Crippen LogP) is 0.789. The first-order chi connectivity index (χ1) is 6.41. The van der Waals surface area contributed by atoms with Crippen LogP contribution < -0.4 is 0 Å². The topological polar surface area (TPSA) is 52.6 Å². The van der Waals surface area contributed by atoms with Gasteiger partial charge in [-0.2, -0.15) is 8.78 Å². The summed E-state index contributed by atoms with van der Waals surface area (Å²) in [5, 5.41) is 0. The average Bonchev–Trinajstić information content (AvgIpc) is 2.16. The highest BCUT2D eigenvalue weighted by molar-refractivity contribution is 6.36. The van der Waals surface area contributed by atoms with Crippen LogP contribution in [0.5, 0.6) is 0 Å². The molecule has 0 rings (SSSR count). The Morgan fingerprint density at radius 2 is 1.86 bits per heavy atom.